The van der Waals surface area contributed by atoms with Crippen molar-refractivity contribution in [3.05, 3.63) is 92.6 Å². The number of carbonyl (C=O) groups is 1. The number of amides is 1. The predicted molar refractivity (Wildman–Crippen MR) is 111 cm³/mol. The van der Waals surface area contributed by atoms with Gasteiger partial charge in [0.05, 0.1) is 6.04 Å². The van der Waals surface area contributed by atoms with Crippen LogP contribution in [0.25, 0.3) is 0 Å². The Labute approximate surface area is 168 Å². The number of fused-ring (bicyclic) bond motifs is 1. The predicted octanol–water partition coefficient (Wildman–Crippen LogP) is 4.93. The Hall–Kier alpha value is -2.14. The molecule has 0 unspecified atom stereocenters. The molecule has 2 aromatic carbocycles. The monoisotopic (exact) mass is 396 g/mol. The van der Waals surface area contributed by atoms with Crippen LogP contribution in [0.5, 0.6) is 0 Å². The highest BCUT2D eigenvalue weighted by Crippen LogP contribution is 2.30. The molecule has 1 atom stereocenters. The molecule has 27 heavy (non-hydrogen) atoms. The minimum Gasteiger partial charge on any atom is -0.350 e. The van der Waals surface area contributed by atoms with Gasteiger partial charge in [0.2, 0.25) is 0 Å². The van der Waals surface area contributed by atoms with Crippen molar-refractivity contribution in [1.82, 2.24) is 10.2 Å². The molecule has 1 amide bonds. The number of thiophene rings is 1. The van der Waals surface area contributed by atoms with Gasteiger partial charge in [0.1, 0.15) is 0 Å². The smallest absolute Gasteiger partial charge is 0.251 e. The quantitative estimate of drug-likeness (QED) is 0.663. The lowest BCUT2D eigenvalue weighted by Gasteiger charge is -2.35. The standard InChI is InChI=1S/C22H21ClN2OS/c23-19-8-3-7-17(13-19)22(26)24-14-20(21-9-4-12-27-21)25-11-10-16-5-1-2-6-18(16)15-25/h1-9,12-13,20H,10-11,14-15H2,(H,24,26)/t20-/m1/s1. The van der Waals surface area contributed by atoms with Crippen molar-refractivity contribution in [2.75, 3.05) is 13.1 Å². The first-order chi connectivity index (χ1) is 13.2. The van der Waals surface area contributed by atoms with Crippen LogP contribution < -0.4 is 5.32 Å². The maximum Gasteiger partial charge on any atom is 0.251 e. The van der Waals surface area contributed by atoms with Gasteiger partial charge in [-0.05, 0) is 47.2 Å². The van der Waals surface area contributed by atoms with E-state index in [-0.39, 0.29) is 11.9 Å². The molecule has 0 bridgehead atoms. The zero-order chi connectivity index (χ0) is 18.6. The van der Waals surface area contributed by atoms with Gasteiger partial charge >= 0.3 is 0 Å². The van der Waals surface area contributed by atoms with Crippen LogP contribution in [0, 0.1) is 0 Å². The second kappa shape index (κ2) is 8.26. The first-order valence-electron chi connectivity index (χ1n) is 9.09. The van der Waals surface area contributed by atoms with Gasteiger partial charge in [0.25, 0.3) is 5.91 Å². The van der Waals surface area contributed by atoms with Crippen molar-refractivity contribution in [2.24, 2.45) is 0 Å². The molecule has 1 aliphatic rings. The molecule has 3 nitrogen and oxygen atoms in total. The number of carbonyl (C=O) groups excluding carboxylic acids is 1. The molecule has 0 saturated heterocycles. The summed E-state index contributed by atoms with van der Waals surface area (Å²) < 4.78 is 0. The van der Waals surface area contributed by atoms with E-state index >= 15 is 0 Å². The van der Waals surface area contributed by atoms with Gasteiger partial charge < -0.3 is 5.32 Å². The first-order valence-corrected chi connectivity index (χ1v) is 10.3. The van der Waals surface area contributed by atoms with Crippen LogP contribution >= 0.6 is 22.9 Å². The van der Waals surface area contributed by atoms with Gasteiger partial charge in [0, 0.05) is 35.1 Å². The van der Waals surface area contributed by atoms with E-state index in [1.807, 2.05) is 0 Å². The minimum atomic E-state index is -0.0866. The minimum absolute atomic E-state index is 0.0866. The van der Waals surface area contributed by atoms with Crippen LogP contribution in [0.3, 0.4) is 0 Å². The summed E-state index contributed by atoms with van der Waals surface area (Å²) in [6.07, 6.45) is 1.04. The Morgan fingerprint density at radius 2 is 1.96 bits per heavy atom. The molecule has 1 N–H and O–H groups in total. The van der Waals surface area contributed by atoms with E-state index in [0.717, 1.165) is 19.5 Å². The van der Waals surface area contributed by atoms with Gasteiger partial charge in [-0.2, -0.15) is 0 Å². The lowest BCUT2D eigenvalue weighted by atomic mass is 9.98. The maximum absolute atomic E-state index is 12.6. The number of benzene rings is 2. The molecule has 0 saturated carbocycles. The van der Waals surface area contributed by atoms with E-state index in [1.165, 1.54) is 16.0 Å². The summed E-state index contributed by atoms with van der Waals surface area (Å²) in [5.74, 6) is -0.0866. The fourth-order valence-corrected chi connectivity index (χ4v) is 4.65. The summed E-state index contributed by atoms with van der Waals surface area (Å²) in [4.78, 5) is 16.3. The average Bonchev–Trinajstić information content (AvgIpc) is 3.22. The SMILES string of the molecule is O=C(NC[C@H](c1cccs1)N1CCc2ccccc2C1)c1cccc(Cl)c1. The Kier molecular flexibility index (Phi) is 5.58. The number of rotatable bonds is 5. The van der Waals surface area contributed by atoms with Crippen LogP contribution in [-0.2, 0) is 13.0 Å². The lowest BCUT2D eigenvalue weighted by molar-refractivity contribution is 0.0929. The van der Waals surface area contributed by atoms with Gasteiger partial charge in [-0.25, -0.2) is 0 Å². The van der Waals surface area contributed by atoms with Crippen molar-refractivity contribution in [3.8, 4) is 0 Å². The van der Waals surface area contributed by atoms with Gasteiger partial charge in [0.15, 0.2) is 0 Å². The summed E-state index contributed by atoms with van der Waals surface area (Å²) in [6, 6.07) is 20.1. The van der Waals surface area contributed by atoms with E-state index in [2.05, 4.69) is 52.0 Å². The Morgan fingerprint density at radius 3 is 2.74 bits per heavy atom. The van der Waals surface area contributed by atoms with Crippen molar-refractivity contribution in [2.45, 2.75) is 19.0 Å². The fraction of sp³-hybridized carbons (Fsp3) is 0.227. The molecule has 138 valence electrons. The summed E-state index contributed by atoms with van der Waals surface area (Å²) in [6.45, 7) is 2.48. The molecule has 3 aromatic rings. The maximum atomic E-state index is 12.6. The normalized spacial score (nSPS) is 15.1. The summed E-state index contributed by atoms with van der Waals surface area (Å²) >= 11 is 7.76. The molecule has 2 heterocycles. The van der Waals surface area contributed by atoms with E-state index < -0.39 is 0 Å². The Bertz CT molecular complexity index is 926. The van der Waals surface area contributed by atoms with Gasteiger partial charge in [-0.1, -0.05) is 48.0 Å². The third-order valence-electron chi connectivity index (χ3n) is 5.02. The number of hydrogen-bond acceptors (Lipinski definition) is 3. The van der Waals surface area contributed by atoms with Crippen molar-refractivity contribution in [1.29, 1.82) is 0 Å². The van der Waals surface area contributed by atoms with Crippen LogP contribution in [-0.4, -0.2) is 23.9 Å². The van der Waals surface area contributed by atoms with Gasteiger partial charge in [-0.15, -0.1) is 11.3 Å². The molecular weight excluding hydrogens is 376 g/mol. The zero-order valence-corrected chi connectivity index (χ0v) is 16.5. The molecular formula is C22H21ClN2OS. The van der Waals surface area contributed by atoms with Gasteiger partial charge in [-0.3, -0.25) is 9.69 Å². The van der Waals surface area contributed by atoms with Crippen molar-refractivity contribution in [3.63, 3.8) is 0 Å². The second-order valence-corrected chi connectivity index (χ2v) is 8.16. The molecule has 0 aliphatic carbocycles. The topological polar surface area (TPSA) is 32.3 Å². The number of nitrogens with one attached hydrogen (secondary N) is 1. The van der Waals surface area contributed by atoms with Crippen LogP contribution in [0.2, 0.25) is 5.02 Å². The van der Waals surface area contributed by atoms with Crippen molar-refractivity contribution < 1.29 is 4.79 Å². The third-order valence-corrected chi connectivity index (χ3v) is 6.22. The summed E-state index contributed by atoms with van der Waals surface area (Å²) in [7, 11) is 0. The largest absolute Gasteiger partial charge is 0.350 e. The van der Waals surface area contributed by atoms with Crippen LogP contribution in [0.4, 0.5) is 0 Å². The van der Waals surface area contributed by atoms with E-state index in [1.54, 1.807) is 35.6 Å². The van der Waals surface area contributed by atoms with E-state index in [9.17, 15) is 4.79 Å². The third kappa shape index (κ3) is 4.24. The molecule has 1 aliphatic heterocycles. The highest BCUT2D eigenvalue weighted by Gasteiger charge is 2.26. The molecule has 1 aromatic heterocycles. The van der Waals surface area contributed by atoms with Crippen LogP contribution in [0.1, 0.15) is 32.4 Å². The number of nitrogens with zero attached hydrogens (tertiary/aromatic N) is 1. The number of halogens is 1. The van der Waals surface area contributed by atoms with E-state index in [4.69, 9.17) is 11.6 Å². The molecule has 0 spiro atoms. The second-order valence-electron chi connectivity index (χ2n) is 6.74. The molecule has 5 heteroatoms. The zero-order valence-electron chi connectivity index (χ0n) is 14.9. The fourth-order valence-electron chi connectivity index (χ4n) is 3.60. The lowest BCUT2D eigenvalue weighted by Crippen LogP contribution is -2.40. The summed E-state index contributed by atoms with van der Waals surface area (Å²) in [5, 5.41) is 5.77. The molecule has 0 radical (unpaired) electrons. The molecule has 0 fully saturated rings. The highest BCUT2D eigenvalue weighted by molar-refractivity contribution is 7.10. The highest BCUT2D eigenvalue weighted by atomic mass is 35.5. The Morgan fingerprint density at radius 1 is 1.11 bits per heavy atom. The first kappa shape index (κ1) is 18.2. The van der Waals surface area contributed by atoms with Crippen LogP contribution in [0.15, 0.2) is 66.0 Å². The molecule has 4 rings (SSSR count). The van der Waals surface area contributed by atoms with E-state index in [0.29, 0.717) is 17.1 Å². The average molecular weight is 397 g/mol. The number of hydrogen-bond donors (Lipinski definition) is 1. The van der Waals surface area contributed by atoms with Crippen molar-refractivity contribution >= 4 is 28.8 Å². The summed E-state index contributed by atoms with van der Waals surface area (Å²) in [5.41, 5.74) is 3.41. The Balaban J connectivity index is 1.50.